The maximum Gasteiger partial charge on any atom is 0.261 e. The average Bonchev–Trinajstić information content (AvgIpc) is 3.02. The summed E-state index contributed by atoms with van der Waals surface area (Å²) < 4.78 is 14.7. The Morgan fingerprint density at radius 1 is 1.04 bits per heavy atom. The Kier molecular flexibility index (Phi) is 5.70. The highest BCUT2D eigenvalue weighted by atomic mass is 32.1. The fourth-order valence-electron chi connectivity index (χ4n) is 2.78. The van der Waals surface area contributed by atoms with E-state index in [0.717, 1.165) is 10.3 Å². The van der Waals surface area contributed by atoms with Gasteiger partial charge in [-0.25, -0.2) is 4.39 Å². The zero-order chi connectivity index (χ0) is 20.3. The molecule has 0 aliphatic heterocycles. The molecule has 1 heterocycles. The first-order valence-corrected chi connectivity index (χ1v) is 9.29. The molecule has 0 aliphatic rings. The average molecular weight is 399 g/mol. The minimum atomic E-state index is -0.621. The molecular formula is C20H18FN3O3S. The van der Waals surface area contributed by atoms with Crippen molar-refractivity contribution in [3.05, 3.63) is 69.8 Å². The molecule has 1 aromatic heterocycles. The van der Waals surface area contributed by atoms with Gasteiger partial charge in [0.1, 0.15) is 5.82 Å². The molecule has 144 valence electrons. The van der Waals surface area contributed by atoms with Crippen LogP contribution in [0.3, 0.4) is 0 Å². The summed E-state index contributed by atoms with van der Waals surface area (Å²) in [6.45, 7) is 1.76. The SMILES string of the molecule is Cc1c(C(=O)NCc2ccc(C(=O)NCC(N)=O)cc2)sc2cccc(F)c12. The zero-order valence-electron chi connectivity index (χ0n) is 15.0. The Morgan fingerprint density at radius 3 is 2.39 bits per heavy atom. The second kappa shape index (κ2) is 8.18. The van der Waals surface area contributed by atoms with Crippen molar-refractivity contribution in [3.8, 4) is 0 Å². The number of aryl methyl sites for hydroxylation is 1. The third kappa shape index (κ3) is 4.17. The summed E-state index contributed by atoms with van der Waals surface area (Å²) >= 11 is 1.25. The Labute approximate surface area is 164 Å². The van der Waals surface area contributed by atoms with Crippen molar-refractivity contribution in [2.45, 2.75) is 13.5 Å². The molecule has 0 spiro atoms. The Hall–Kier alpha value is -3.26. The van der Waals surface area contributed by atoms with Crippen molar-refractivity contribution >= 4 is 39.1 Å². The maximum absolute atomic E-state index is 14.0. The van der Waals surface area contributed by atoms with Gasteiger partial charge in [-0.3, -0.25) is 14.4 Å². The number of fused-ring (bicyclic) bond motifs is 1. The van der Waals surface area contributed by atoms with Crippen molar-refractivity contribution < 1.29 is 18.8 Å². The van der Waals surface area contributed by atoms with Gasteiger partial charge < -0.3 is 16.4 Å². The van der Waals surface area contributed by atoms with E-state index in [4.69, 9.17) is 5.73 Å². The van der Waals surface area contributed by atoms with Crippen LogP contribution in [-0.2, 0) is 11.3 Å². The van der Waals surface area contributed by atoms with Gasteiger partial charge in [-0.1, -0.05) is 18.2 Å². The van der Waals surface area contributed by atoms with E-state index < -0.39 is 11.8 Å². The van der Waals surface area contributed by atoms with Crippen molar-refractivity contribution in [2.75, 3.05) is 6.54 Å². The number of primary amides is 1. The van der Waals surface area contributed by atoms with Crippen LogP contribution in [0.1, 0.15) is 31.2 Å². The number of hydrogen-bond donors (Lipinski definition) is 3. The van der Waals surface area contributed by atoms with E-state index in [1.165, 1.54) is 17.4 Å². The summed E-state index contributed by atoms with van der Waals surface area (Å²) in [5, 5.41) is 5.69. The summed E-state index contributed by atoms with van der Waals surface area (Å²) in [7, 11) is 0. The minimum absolute atomic E-state index is 0.230. The second-order valence-corrected chi connectivity index (χ2v) is 7.25. The van der Waals surface area contributed by atoms with Gasteiger partial charge in [0.15, 0.2) is 0 Å². The molecule has 0 atom stereocenters. The molecule has 28 heavy (non-hydrogen) atoms. The van der Waals surface area contributed by atoms with E-state index in [-0.39, 0.29) is 24.8 Å². The molecule has 3 aromatic rings. The predicted octanol–water partition coefficient (Wildman–Crippen LogP) is 2.49. The van der Waals surface area contributed by atoms with Crippen LogP contribution in [0, 0.1) is 12.7 Å². The Balaban J connectivity index is 1.65. The molecule has 3 amide bonds. The Morgan fingerprint density at radius 2 is 1.75 bits per heavy atom. The molecule has 0 bridgehead atoms. The first-order chi connectivity index (χ1) is 13.4. The molecule has 8 heteroatoms. The van der Waals surface area contributed by atoms with E-state index in [1.54, 1.807) is 43.3 Å². The second-order valence-electron chi connectivity index (χ2n) is 6.20. The molecule has 0 radical (unpaired) electrons. The fourth-order valence-corrected chi connectivity index (χ4v) is 3.92. The van der Waals surface area contributed by atoms with Crippen LogP contribution < -0.4 is 16.4 Å². The number of nitrogens with one attached hydrogen (secondary N) is 2. The van der Waals surface area contributed by atoms with E-state index >= 15 is 0 Å². The summed E-state index contributed by atoms with van der Waals surface area (Å²) in [5.41, 5.74) is 6.79. The van der Waals surface area contributed by atoms with Gasteiger partial charge in [0.05, 0.1) is 11.4 Å². The van der Waals surface area contributed by atoms with Gasteiger partial charge >= 0.3 is 0 Å². The van der Waals surface area contributed by atoms with Gasteiger partial charge in [-0.05, 0) is 42.3 Å². The lowest BCUT2D eigenvalue weighted by atomic mass is 10.1. The van der Waals surface area contributed by atoms with Crippen LogP contribution in [-0.4, -0.2) is 24.3 Å². The molecule has 0 saturated carbocycles. The highest BCUT2D eigenvalue weighted by Crippen LogP contribution is 2.32. The summed E-state index contributed by atoms with van der Waals surface area (Å²) in [6, 6.07) is 11.4. The van der Waals surface area contributed by atoms with Crippen molar-refractivity contribution in [2.24, 2.45) is 5.73 Å². The van der Waals surface area contributed by atoms with Gasteiger partial charge in [-0.2, -0.15) is 0 Å². The first kappa shape index (κ1) is 19.5. The summed E-state index contributed by atoms with van der Waals surface area (Å²) in [4.78, 5) is 35.5. The van der Waals surface area contributed by atoms with Crippen LogP contribution in [0.5, 0.6) is 0 Å². The standard InChI is InChI=1S/C20H18FN3O3S/c1-11-17-14(21)3-2-4-15(17)28-18(11)20(27)23-9-12-5-7-13(8-6-12)19(26)24-10-16(22)25/h2-8H,9-10H2,1H3,(H2,22,25)(H,23,27)(H,24,26). The van der Waals surface area contributed by atoms with Crippen LogP contribution in [0.2, 0.25) is 0 Å². The molecule has 3 rings (SSSR count). The monoisotopic (exact) mass is 399 g/mol. The normalized spacial score (nSPS) is 10.6. The van der Waals surface area contributed by atoms with Crippen molar-refractivity contribution in [3.63, 3.8) is 0 Å². The molecule has 0 fully saturated rings. The molecule has 0 saturated heterocycles. The van der Waals surface area contributed by atoms with Crippen LogP contribution in [0.25, 0.3) is 10.1 Å². The minimum Gasteiger partial charge on any atom is -0.368 e. The van der Waals surface area contributed by atoms with Crippen LogP contribution >= 0.6 is 11.3 Å². The van der Waals surface area contributed by atoms with E-state index in [9.17, 15) is 18.8 Å². The highest BCUT2D eigenvalue weighted by molar-refractivity contribution is 7.21. The van der Waals surface area contributed by atoms with Gasteiger partial charge in [0.25, 0.3) is 11.8 Å². The predicted molar refractivity (Wildman–Crippen MR) is 106 cm³/mol. The number of benzene rings is 2. The molecule has 4 N–H and O–H groups in total. The third-order valence-corrected chi connectivity index (χ3v) is 5.46. The smallest absolute Gasteiger partial charge is 0.261 e. The number of rotatable bonds is 6. The van der Waals surface area contributed by atoms with E-state index in [2.05, 4.69) is 10.6 Å². The number of halogens is 1. The number of hydrogen-bond acceptors (Lipinski definition) is 4. The molecule has 0 aliphatic carbocycles. The topological polar surface area (TPSA) is 101 Å². The van der Waals surface area contributed by atoms with E-state index in [1.807, 2.05) is 0 Å². The molecular weight excluding hydrogens is 381 g/mol. The van der Waals surface area contributed by atoms with Gasteiger partial charge in [0, 0.05) is 22.2 Å². The zero-order valence-corrected chi connectivity index (χ0v) is 15.9. The lowest BCUT2D eigenvalue weighted by molar-refractivity contribution is -0.117. The van der Waals surface area contributed by atoms with Crippen molar-refractivity contribution in [1.29, 1.82) is 0 Å². The Bertz CT molecular complexity index is 1060. The number of nitrogens with two attached hydrogens (primary N) is 1. The molecule has 2 aromatic carbocycles. The van der Waals surface area contributed by atoms with Gasteiger partial charge in [0.2, 0.25) is 5.91 Å². The van der Waals surface area contributed by atoms with E-state index in [0.29, 0.717) is 21.4 Å². The van der Waals surface area contributed by atoms with Crippen molar-refractivity contribution in [1.82, 2.24) is 10.6 Å². The number of amides is 3. The number of thiophene rings is 1. The first-order valence-electron chi connectivity index (χ1n) is 8.48. The maximum atomic E-state index is 14.0. The lowest BCUT2D eigenvalue weighted by Gasteiger charge is -2.07. The van der Waals surface area contributed by atoms with Gasteiger partial charge in [-0.15, -0.1) is 11.3 Å². The number of carbonyl (C=O) groups excluding carboxylic acids is 3. The largest absolute Gasteiger partial charge is 0.368 e. The van der Waals surface area contributed by atoms with Crippen LogP contribution in [0.4, 0.5) is 4.39 Å². The lowest BCUT2D eigenvalue weighted by Crippen LogP contribution is -2.33. The highest BCUT2D eigenvalue weighted by Gasteiger charge is 2.17. The fraction of sp³-hybridized carbons (Fsp3) is 0.150. The molecule has 6 nitrogen and oxygen atoms in total. The quantitative estimate of drug-likeness (QED) is 0.594. The third-order valence-electron chi connectivity index (χ3n) is 4.20. The molecule has 0 unspecified atom stereocenters. The summed E-state index contributed by atoms with van der Waals surface area (Å²) in [5.74, 6) is -1.64. The van der Waals surface area contributed by atoms with Crippen LogP contribution in [0.15, 0.2) is 42.5 Å². The summed E-state index contributed by atoms with van der Waals surface area (Å²) in [6.07, 6.45) is 0. The number of carbonyl (C=O) groups is 3.